The van der Waals surface area contributed by atoms with Gasteiger partial charge < -0.3 is 16.0 Å². The third-order valence-corrected chi connectivity index (χ3v) is 4.22. The molecule has 0 fully saturated rings. The fraction of sp³-hybridized carbons (Fsp3) is 0.316. The van der Waals surface area contributed by atoms with Crippen molar-refractivity contribution in [3.63, 3.8) is 0 Å². The zero-order valence-electron chi connectivity index (χ0n) is 15.5. The van der Waals surface area contributed by atoms with E-state index < -0.39 is 0 Å². The normalized spacial score (nSPS) is 10.7. The molecule has 0 saturated heterocycles. The number of carbonyl (C=O) groups excluding carboxylic acids is 1. The van der Waals surface area contributed by atoms with Crippen molar-refractivity contribution in [1.82, 2.24) is 15.6 Å². The maximum atomic E-state index is 12.1. The highest BCUT2D eigenvalue weighted by Gasteiger charge is 2.07. The Bertz CT molecular complexity index is 755. The average Bonchev–Trinajstić information content (AvgIpc) is 2.65. The number of anilines is 1. The predicted octanol–water partition coefficient (Wildman–Crippen LogP) is 3.40. The lowest BCUT2D eigenvalue weighted by Crippen LogP contribution is -2.39. The van der Waals surface area contributed by atoms with E-state index in [0.29, 0.717) is 30.5 Å². The largest absolute Gasteiger partial charge is 0.356 e. The van der Waals surface area contributed by atoms with Gasteiger partial charge in [-0.2, -0.15) is 0 Å². The summed E-state index contributed by atoms with van der Waals surface area (Å²) < 4.78 is 0. The number of aromatic nitrogens is 1. The van der Waals surface area contributed by atoms with Crippen molar-refractivity contribution in [1.29, 1.82) is 0 Å². The van der Waals surface area contributed by atoms with Crippen LogP contribution >= 0.6 is 35.6 Å². The van der Waals surface area contributed by atoms with E-state index in [9.17, 15) is 4.79 Å². The molecule has 27 heavy (non-hydrogen) atoms. The van der Waals surface area contributed by atoms with E-state index in [1.165, 1.54) is 0 Å². The molecule has 6 nitrogen and oxygen atoms in total. The molecule has 0 aliphatic rings. The standard InChI is InChI=1S/C19H24ClN5O.HI/c1-14-16(20)7-5-8-17(14)25-18(26)10-13-24-19(21-2)23-12-9-15-6-3-4-11-22-15;/h3-8,11H,9-10,12-13H2,1-2H3,(H,25,26)(H2,21,23,24);1H. The number of nitrogens with one attached hydrogen (secondary N) is 3. The first-order valence-electron chi connectivity index (χ1n) is 8.49. The Morgan fingerprint density at radius 2 is 1.93 bits per heavy atom. The highest BCUT2D eigenvalue weighted by Crippen LogP contribution is 2.22. The number of benzene rings is 1. The van der Waals surface area contributed by atoms with Gasteiger partial charge in [0.15, 0.2) is 5.96 Å². The second-order valence-electron chi connectivity index (χ2n) is 5.71. The second kappa shape index (κ2) is 12.5. The van der Waals surface area contributed by atoms with E-state index in [2.05, 4.69) is 25.9 Å². The Hall–Kier alpha value is -1.87. The van der Waals surface area contributed by atoms with Gasteiger partial charge in [-0.05, 0) is 36.8 Å². The average molecular weight is 502 g/mol. The fourth-order valence-corrected chi connectivity index (χ4v) is 2.50. The van der Waals surface area contributed by atoms with Crippen molar-refractivity contribution in [2.24, 2.45) is 4.99 Å². The Labute approximate surface area is 182 Å². The first-order valence-corrected chi connectivity index (χ1v) is 8.87. The van der Waals surface area contributed by atoms with Crippen LogP contribution in [0.4, 0.5) is 5.69 Å². The molecule has 2 rings (SSSR count). The molecule has 1 aromatic carbocycles. The zero-order chi connectivity index (χ0) is 18.8. The Morgan fingerprint density at radius 1 is 1.15 bits per heavy atom. The van der Waals surface area contributed by atoms with Crippen molar-refractivity contribution in [2.45, 2.75) is 19.8 Å². The first-order chi connectivity index (χ1) is 12.6. The smallest absolute Gasteiger partial charge is 0.226 e. The summed E-state index contributed by atoms with van der Waals surface area (Å²) in [6.45, 7) is 3.07. The number of rotatable bonds is 7. The first kappa shape index (κ1) is 23.2. The van der Waals surface area contributed by atoms with Gasteiger partial charge in [-0.25, -0.2) is 0 Å². The number of aliphatic imine (C=N–C) groups is 1. The molecule has 8 heteroatoms. The van der Waals surface area contributed by atoms with E-state index >= 15 is 0 Å². The molecular formula is C19H25ClIN5O. The van der Waals surface area contributed by atoms with Crippen LogP contribution in [0.25, 0.3) is 0 Å². The number of hydrogen-bond acceptors (Lipinski definition) is 3. The zero-order valence-corrected chi connectivity index (χ0v) is 18.5. The monoisotopic (exact) mass is 501 g/mol. The minimum atomic E-state index is -0.0770. The number of carbonyl (C=O) groups is 1. The van der Waals surface area contributed by atoms with Crippen LogP contribution in [0.15, 0.2) is 47.6 Å². The Morgan fingerprint density at radius 3 is 2.63 bits per heavy atom. The third-order valence-electron chi connectivity index (χ3n) is 3.81. The van der Waals surface area contributed by atoms with E-state index in [-0.39, 0.29) is 29.9 Å². The topological polar surface area (TPSA) is 78.4 Å². The van der Waals surface area contributed by atoms with Gasteiger partial charge in [0.25, 0.3) is 0 Å². The summed E-state index contributed by atoms with van der Waals surface area (Å²) in [5.74, 6) is 0.583. The molecular weight excluding hydrogens is 477 g/mol. The van der Waals surface area contributed by atoms with Crippen LogP contribution in [-0.2, 0) is 11.2 Å². The summed E-state index contributed by atoms with van der Waals surface area (Å²) in [5.41, 5.74) is 2.62. The van der Waals surface area contributed by atoms with Crippen LogP contribution in [0.2, 0.25) is 5.02 Å². The number of nitrogens with zero attached hydrogens (tertiary/aromatic N) is 2. The second-order valence-corrected chi connectivity index (χ2v) is 6.11. The molecule has 2 aromatic rings. The van der Waals surface area contributed by atoms with Gasteiger partial charge >= 0.3 is 0 Å². The molecule has 0 bridgehead atoms. The number of pyridine rings is 1. The number of halogens is 2. The van der Waals surface area contributed by atoms with Crippen LogP contribution in [0.3, 0.4) is 0 Å². The van der Waals surface area contributed by atoms with E-state index in [4.69, 9.17) is 11.6 Å². The highest BCUT2D eigenvalue weighted by atomic mass is 127. The van der Waals surface area contributed by atoms with Gasteiger partial charge in [0.2, 0.25) is 5.91 Å². The Balaban J connectivity index is 0.00000364. The SMILES string of the molecule is CN=C(NCCC(=O)Nc1cccc(Cl)c1C)NCCc1ccccn1.I. The van der Waals surface area contributed by atoms with Gasteiger partial charge in [0, 0.05) is 55.6 Å². The van der Waals surface area contributed by atoms with Gasteiger partial charge in [-0.15, -0.1) is 24.0 Å². The summed E-state index contributed by atoms with van der Waals surface area (Å²) in [6.07, 6.45) is 2.91. The van der Waals surface area contributed by atoms with E-state index in [1.807, 2.05) is 37.3 Å². The lowest BCUT2D eigenvalue weighted by Gasteiger charge is -2.12. The van der Waals surface area contributed by atoms with Gasteiger partial charge in [-0.3, -0.25) is 14.8 Å². The molecule has 1 aromatic heterocycles. The van der Waals surface area contributed by atoms with Gasteiger partial charge in [0.1, 0.15) is 0 Å². The summed E-state index contributed by atoms with van der Waals surface area (Å²) in [6, 6.07) is 11.3. The molecule has 0 spiro atoms. The van der Waals surface area contributed by atoms with Crippen LogP contribution in [0, 0.1) is 6.92 Å². The molecule has 1 amide bonds. The molecule has 0 aliphatic carbocycles. The minimum Gasteiger partial charge on any atom is -0.356 e. The fourth-order valence-electron chi connectivity index (χ4n) is 2.33. The summed E-state index contributed by atoms with van der Waals surface area (Å²) in [5, 5.41) is 9.85. The summed E-state index contributed by atoms with van der Waals surface area (Å²) in [4.78, 5) is 20.5. The molecule has 3 N–H and O–H groups in total. The van der Waals surface area contributed by atoms with Crippen molar-refractivity contribution in [3.05, 3.63) is 58.9 Å². The van der Waals surface area contributed by atoms with Crippen molar-refractivity contribution < 1.29 is 4.79 Å². The molecule has 0 saturated carbocycles. The maximum absolute atomic E-state index is 12.1. The number of hydrogen-bond donors (Lipinski definition) is 3. The van der Waals surface area contributed by atoms with E-state index in [0.717, 1.165) is 23.4 Å². The molecule has 0 aliphatic heterocycles. The molecule has 0 atom stereocenters. The lowest BCUT2D eigenvalue weighted by atomic mass is 10.2. The molecule has 0 unspecified atom stereocenters. The van der Waals surface area contributed by atoms with Gasteiger partial charge in [-0.1, -0.05) is 23.7 Å². The molecule has 1 heterocycles. The van der Waals surface area contributed by atoms with Crippen LogP contribution < -0.4 is 16.0 Å². The van der Waals surface area contributed by atoms with Crippen LogP contribution in [-0.4, -0.2) is 37.0 Å². The lowest BCUT2D eigenvalue weighted by molar-refractivity contribution is -0.116. The Kier molecular flexibility index (Phi) is 10.7. The molecule has 0 radical (unpaired) electrons. The quantitative estimate of drug-likeness (QED) is 0.309. The maximum Gasteiger partial charge on any atom is 0.226 e. The minimum absolute atomic E-state index is 0. The van der Waals surface area contributed by atoms with Crippen molar-refractivity contribution >= 4 is 53.1 Å². The number of guanidine groups is 1. The third kappa shape index (κ3) is 8.13. The number of amides is 1. The molecule has 146 valence electrons. The summed E-state index contributed by atoms with van der Waals surface area (Å²) in [7, 11) is 1.70. The highest BCUT2D eigenvalue weighted by molar-refractivity contribution is 14.0. The van der Waals surface area contributed by atoms with Crippen LogP contribution in [0.1, 0.15) is 17.7 Å². The van der Waals surface area contributed by atoms with Gasteiger partial charge in [0.05, 0.1) is 0 Å². The van der Waals surface area contributed by atoms with Crippen molar-refractivity contribution in [3.8, 4) is 0 Å². The predicted molar refractivity (Wildman–Crippen MR) is 122 cm³/mol. The summed E-state index contributed by atoms with van der Waals surface area (Å²) >= 11 is 6.06. The van der Waals surface area contributed by atoms with Crippen molar-refractivity contribution in [2.75, 3.05) is 25.5 Å². The van der Waals surface area contributed by atoms with Crippen LogP contribution in [0.5, 0.6) is 0 Å². The van der Waals surface area contributed by atoms with E-state index in [1.54, 1.807) is 19.3 Å².